The first-order valence-corrected chi connectivity index (χ1v) is 11.9. The average molecular weight is 488 g/mol. The number of carboxylic acid groups (broad SMARTS) is 1. The van der Waals surface area contributed by atoms with E-state index in [2.05, 4.69) is 10.6 Å². The van der Waals surface area contributed by atoms with Gasteiger partial charge >= 0.3 is 6.09 Å². The van der Waals surface area contributed by atoms with E-state index in [1.165, 1.54) is 30.6 Å². The Bertz CT molecular complexity index is 1490. The standard InChI is InChI=1S/C26H21N3O5S/c30-25(27-23-8-4-5-9-24(23)28-26(31)32)15-10-19-16-17-29(18-19)35(33,34)22-13-11-21(12-14-22)20-6-2-1-3-7-20/h1-18,28H,(H,27,30)(H,31,32)/b15-10+. The third-order valence-electron chi connectivity index (χ3n) is 5.08. The number of anilines is 2. The number of hydrogen-bond acceptors (Lipinski definition) is 4. The van der Waals surface area contributed by atoms with Crippen LogP contribution in [0.3, 0.4) is 0 Å². The molecule has 0 aliphatic carbocycles. The zero-order valence-electron chi connectivity index (χ0n) is 18.3. The fourth-order valence-corrected chi connectivity index (χ4v) is 4.58. The maximum atomic E-state index is 13.0. The summed E-state index contributed by atoms with van der Waals surface area (Å²) in [7, 11) is -3.80. The number of nitrogens with zero attached hydrogens (tertiary/aromatic N) is 1. The van der Waals surface area contributed by atoms with E-state index in [1.807, 2.05) is 30.3 Å². The van der Waals surface area contributed by atoms with Crippen LogP contribution >= 0.6 is 0 Å². The fraction of sp³-hybridized carbons (Fsp3) is 0. The first-order chi connectivity index (χ1) is 16.8. The Morgan fingerprint density at radius 1 is 0.771 bits per heavy atom. The molecule has 0 atom stereocenters. The number of hydrogen-bond donors (Lipinski definition) is 3. The van der Waals surface area contributed by atoms with Crippen molar-refractivity contribution in [2.75, 3.05) is 10.6 Å². The molecule has 0 saturated carbocycles. The van der Waals surface area contributed by atoms with E-state index in [4.69, 9.17) is 5.11 Å². The van der Waals surface area contributed by atoms with Crippen LogP contribution < -0.4 is 10.6 Å². The Morgan fingerprint density at radius 3 is 2.03 bits per heavy atom. The number of carbonyl (C=O) groups is 2. The van der Waals surface area contributed by atoms with E-state index in [1.54, 1.807) is 48.5 Å². The lowest BCUT2D eigenvalue weighted by atomic mass is 10.1. The molecule has 3 aromatic carbocycles. The average Bonchev–Trinajstić information content (AvgIpc) is 3.34. The molecule has 35 heavy (non-hydrogen) atoms. The maximum absolute atomic E-state index is 13.0. The van der Waals surface area contributed by atoms with Crippen LogP contribution in [0.2, 0.25) is 0 Å². The van der Waals surface area contributed by atoms with Crippen molar-refractivity contribution in [3.63, 3.8) is 0 Å². The summed E-state index contributed by atoms with van der Waals surface area (Å²) >= 11 is 0. The minimum atomic E-state index is -3.80. The second kappa shape index (κ2) is 10.1. The predicted molar refractivity (Wildman–Crippen MR) is 135 cm³/mol. The van der Waals surface area contributed by atoms with Gasteiger partial charge in [-0.3, -0.25) is 10.1 Å². The van der Waals surface area contributed by atoms with Gasteiger partial charge in [0.15, 0.2) is 0 Å². The summed E-state index contributed by atoms with van der Waals surface area (Å²) < 4.78 is 27.1. The fourth-order valence-electron chi connectivity index (χ4n) is 3.37. The number of nitrogens with one attached hydrogen (secondary N) is 2. The molecular formula is C26H21N3O5S. The van der Waals surface area contributed by atoms with Crippen LogP contribution in [0.15, 0.2) is 108 Å². The number of benzene rings is 3. The van der Waals surface area contributed by atoms with E-state index in [9.17, 15) is 18.0 Å². The van der Waals surface area contributed by atoms with E-state index in [0.29, 0.717) is 11.3 Å². The van der Waals surface area contributed by atoms with Crippen molar-refractivity contribution in [1.29, 1.82) is 0 Å². The van der Waals surface area contributed by atoms with Gasteiger partial charge in [-0.2, -0.15) is 0 Å². The van der Waals surface area contributed by atoms with Gasteiger partial charge in [0.1, 0.15) is 0 Å². The number of carbonyl (C=O) groups excluding carboxylic acids is 1. The largest absolute Gasteiger partial charge is 0.465 e. The van der Waals surface area contributed by atoms with Crippen LogP contribution in [0.5, 0.6) is 0 Å². The number of para-hydroxylation sites is 2. The van der Waals surface area contributed by atoms with Crippen LogP contribution in [0, 0.1) is 0 Å². The second-order valence-electron chi connectivity index (χ2n) is 7.47. The minimum Gasteiger partial charge on any atom is -0.465 e. The summed E-state index contributed by atoms with van der Waals surface area (Å²) in [6.45, 7) is 0. The minimum absolute atomic E-state index is 0.142. The summed E-state index contributed by atoms with van der Waals surface area (Å²) in [6.07, 6.45) is 4.26. The van der Waals surface area contributed by atoms with Gasteiger partial charge in [0.2, 0.25) is 5.91 Å². The molecule has 0 fully saturated rings. The molecule has 0 unspecified atom stereocenters. The van der Waals surface area contributed by atoms with E-state index in [0.717, 1.165) is 15.1 Å². The van der Waals surface area contributed by atoms with Crippen LogP contribution in [0.1, 0.15) is 5.56 Å². The third kappa shape index (κ3) is 5.66. The SMILES string of the molecule is O=C(O)Nc1ccccc1NC(=O)/C=C/c1ccn(S(=O)(=O)c2ccc(-c3ccccc3)cc2)c1. The molecule has 0 radical (unpaired) electrons. The highest BCUT2D eigenvalue weighted by molar-refractivity contribution is 7.90. The van der Waals surface area contributed by atoms with Crippen molar-refractivity contribution < 1.29 is 23.1 Å². The van der Waals surface area contributed by atoms with Gasteiger partial charge in [-0.05, 0) is 53.1 Å². The number of rotatable bonds is 7. The number of amides is 2. The summed E-state index contributed by atoms with van der Waals surface area (Å²) in [5.41, 5.74) is 2.93. The van der Waals surface area contributed by atoms with Crippen molar-refractivity contribution in [3.05, 3.63) is 109 Å². The van der Waals surface area contributed by atoms with Gasteiger partial charge in [0.25, 0.3) is 10.0 Å². The summed E-state index contributed by atoms with van der Waals surface area (Å²) in [5, 5.41) is 13.7. The Kier molecular flexibility index (Phi) is 6.79. The summed E-state index contributed by atoms with van der Waals surface area (Å²) in [4.78, 5) is 23.3. The molecule has 1 aromatic heterocycles. The van der Waals surface area contributed by atoms with Gasteiger partial charge in [0, 0.05) is 18.5 Å². The topological polar surface area (TPSA) is 118 Å². The van der Waals surface area contributed by atoms with Crippen molar-refractivity contribution in [3.8, 4) is 11.1 Å². The summed E-state index contributed by atoms with van der Waals surface area (Å²) in [6, 6.07) is 24.2. The molecule has 0 spiro atoms. The Balaban J connectivity index is 1.46. The highest BCUT2D eigenvalue weighted by atomic mass is 32.2. The van der Waals surface area contributed by atoms with Gasteiger partial charge in [0.05, 0.1) is 16.3 Å². The normalized spacial score (nSPS) is 11.3. The first-order valence-electron chi connectivity index (χ1n) is 10.5. The van der Waals surface area contributed by atoms with Gasteiger partial charge in [-0.15, -0.1) is 0 Å². The van der Waals surface area contributed by atoms with Crippen molar-refractivity contribution in [2.24, 2.45) is 0 Å². The zero-order chi connectivity index (χ0) is 24.8. The lowest BCUT2D eigenvalue weighted by molar-refractivity contribution is -0.111. The smallest absolute Gasteiger partial charge is 0.409 e. The molecule has 4 rings (SSSR count). The van der Waals surface area contributed by atoms with Crippen LogP contribution in [-0.4, -0.2) is 29.5 Å². The maximum Gasteiger partial charge on any atom is 0.409 e. The highest BCUT2D eigenvalue weighted by Crippen LogP contribution is 2.23. The molecule has 176 valence electrons. The molecular weight excluding hydrogens is 466 g/mol. The van der Waals surface area contributed by atoms with E-state index in [-0.39, 0.29) is 10.6 Å². The molecule has 0 aliphatic rings. The lowest BCUT2D eigenvalue weighted by Crippen LogP contribution is -2.13. The zero-order valence-corrected chi connectivity index (χ0v) is 19.1. The molecule has 0 bridgehead atoms. The van der Waals surface area contributed by atoms with Crippen molar-refractivity contribution in [1.82, 2.24) is 3.97 Å². The molecule has 8 nitrogen and oxygen atoms in total. The van der Waals surface area contributed by atoms with Crippen molar-refractivity contribution in [2.45, 2.75) is 4.90 Å². The summed E-state index contributed by atoms with van der Waals surface area (Å²) in [5.74, 6) is -0.503. The second-order valence-corrected chi connectivity index (χ2v) is 9.31. The van der Waals surface area contributed by atoms with Crippen LogP contribution in [-0.2, 0) is 14.8 Å². The Hall–Kier alpha value is -4.63. The van der Waals surface area contributed by atoms with E-state index < -0.39 is 22.0 Å². The highest BCUT2D eigenvalue weighted by Gasteiger charge is 2.16. The molecule has 0 aliphatic heterocycles. The Morgan fingerprint density at radius 2 is 1.37 bits per heavy atom. The predicted octanol–water partition coefficient (Wildman–Crippen LogP) is 5.13. The quantitative estimate of drug-likeness (QED) is 0.312. The molecule has 4 aromatic rings. The molecule has 1 heterocycles. The molecule has 3 N–H and O–H groups in total. The third-order valence-corrected chi connectivity index (χ3v) is 6.73. The van der Waals surface area contributed by atoms with Gasteiger partial charge in [-0.1, -0.05) is 54.6 Å². The number of aromatic nitrogens is 1. The van der Waals surface area contributed by atoms with Crippen molar-refractivity contribution >= 4 is 39.5 Å². The molecule has 0 saturated heterocycles. The van der Waals surface area contributed by atoms with Crippen LogP contribution in [0.25, 0.3) is 17.2 Å². The first kappa shape index (κ1) is 23.5. The van der Waals surface area contributed by atoms with Gasteiger partial charge in [-0.25, -0.2) is 17.2 Å². The Labute approximate surface area is 202 Å². The van der Waals surface area contributed by atoms with Crippen LogP contribution in [0.4, 0.5) is 16.2 Å². The van der Waals surface area contributed by atoms with E-state index >= 15 is 0 Å². The molecule has 9 heteroatoms. The van der Waals surface area contributed by atoms with Gasteiger partial charge < -0.3 is 10.4 Å². The molecule has 2 amide bonds. The lowest BCUT2D eigenvalue weighted by Gasteiger charge is -2.08. The monoisotopic (exact) mass is 487 g/mol.